The molecule has 0 aliphatic rings. The third kappa shape index (κ3) is 60.0. The van der Waals surface area contributed by atoms with Gasteiger partial charge in [-0.15, -0.1) is 0 Å². The normalized spacial score (nSPS) is 12.6. The molecular formula is C64H103F3O7. The van der Waals surface area contributed by atoms with E-state index < -0.39 is 18.9 Å². The van der Waals surface area contributed by atoms with E-state index in [-0.39, 0.29) is 36.9 Å². The van der Waals surface area contributed by atoms with Gasteiger partial charge in [0.05, 0.1) is 0 Å². The molecule has 0 N–H and O–H groups in total. The monoisotopic (exact) mass is 1040 g/mol. The van der Waals surface area contributed by atoms with E-state index in [1.807, 2.05) is 0 Å². The summed E-state index contributed by atoms with van der Waals surface area (Å²) in [5.74, 6) is -0.983. The van der Waals surface area contributed by atoms with E-state index in [1.165, 1.54) is 58.3 Å². The molecule has 0 radical (unpaired) electrons. The smallest absolute Gasteiger partial charge is 0.422 e. The zero-order chi connectivity index (χ0) is 54.9. The van der Waals surface area contributed by atoms with Gasteiger partial charge in [-0.25, -0.2) is 0 Å². The molecule has 0 heterocycles. The summed E-state index contributed by atoms with van der Waals surface area (Å²) in [5.41, 5.74) is 0.397. The number of carbonyl (C=O) groups excluding carboxylic acids is 3. The van der Waals surface area contributed by atoms with Gasteiger partial charge in [-0.05, 0) is 102 Å². The second-order valence-corrected chi connectivity index (χ2v) is 18.9. The zero-order valence-electron chi connectivity index (χ0n) is 47.0. The minimum atomic E-state index is -4.31. The number of ether oxygens (including phenoxy) is 4. The molecule has 0 aromatic rings. The van der Waals surface area contributed by atoms with Crippen LogP contribution in [-0.2, 0) is 33.3 Å². The maximum Gasteiger partial charge on any atom is 0.422 e. The van der Waals surface area contributed by atoms with Crippen LogP contribution in [0.3, 0.4) is 0 Å². The SMILES string of the molecule is C=C(C)C(=C)OCC(F)(F)F.CCCC/C=C/C=C/C=C/CCCCCCCC(=O)OCC(COC(=O)CCCCCCC/C=C/C/C=C/CCCCC)OC(=O)CCCCCCC/C=C/C=C/C=C/CCCC. The van der Waals surface area contributed by atoms with E-state index in [9.17, 15) is 27.6 Å². The van der Waals surface area contributed by atoms with E-state index in [0.29, 0.717) is 24.8 Å². The Labute approximate surface area is 449 Å². The Morgan fingerprint density at radius 1 is 0.419 bits per heavy atom. The highest BCUT2D eigenvalue weighted by atomic mass is 19.4. The van der Waals surface area contributed by atoms with Crippen LogP contribution in [0.5, 0.6) is 0 Å². The van der Waals surface area contributed by atoms with Gasteiger partial charge in [-0.3, -0.25) is 14.4 Å². The molecule has 0 aromatic heterocycles. The molecule has 0 bridgehead atoms. The van der Waals surface area contributed by atoms with Crippen molar-refractivity contribution in [1.29, 1.82) is 0 Å². The quantitative estimate of drug-likeness (QED) is 0.0150. The Morgan fingerprint density at radius 3 is 1.14 bits per heavy atom. The van der Waals surface area contributed by atoms with Crippen molar-refractivity contribution in [2.75, 3.05) is 19.8 Å². The summed E-state index contributed by atoms with van der Waals surface area (Å²) in [4.78, 5) is 38.0. The third-order valence-corrected chi connectivity index (χ3v) is 11.5. The number of allylic oxidation sites excluding steroid dienone is 17. The van der Waals surface area contributed by atoms with Crippen molar-refractivity contribution in [2.45, 2.75) is 245 Å². The highest BCUT2D eigenvalue weighted by Crippen LogP contribution is 2.18. The Hall–Kier alpha value is -4.60. The number of hydrogen-bond acceptors (Lipinski definition) is 7. The van der Waals surface area contributed by atoms with Crippen LogP contribution in [0.25, 0.3) is 0 Å². The number of carbonyl (C=O) groups is 3. The molecule has 422 valence electrons. The molecule has 74 heavy (non-hydrogen) atoms. The summed E-state index contributed by atoms with van der Waals surface area (Å²) in [6, 6.07) is 0. The van der Waals surface area contributed by atoms with Crippen molar-refractivity contribution in [1.82, 2.24) is 0 Å². The molecule has 0 amide bonds. The maximum absolute atomic E-state index is 12.8. The van der Waals surface area contributed by atoms with Gasteiger partial charge in [-0.1, -0.05) is 227 Å². The van der Waals surface area contributed by atoms with E-state index in [1.54, 1.807) is 0 Å². The minimum absolute atomic E-state index is 0.0256. The number of halogens is 3. The van der Waals surface area contributed by atoms with Crippen LogP contribution >= 0.6 is 0 Å². The van der Waals surface area contributed by atoms with Gasteiger partial charge in [0.25, 0.3) is 0 Å². The largest absolute Gasteiger partial charge is 0.484 e. The Kier molecular flexibility index (Phi) is 54.2. The van der Waals surface area contributed by atoms with Crippen molar-refractivity contribution in [3.63, 3.8) is 0 Å². The Bertz CT molecular complexity index is 1610. The zero-order valence-corrected chi connectivity index (χ0v) is 47.0. The van der Waals surface area contributed by atoms with Crippen LogP contribution in [0.4, 0.5) is 13.2 Å². The average Bonchev–Trinajstić information content (AvgIpc) is 3.37. The minimum Gasteiger partial charge on any atom is -0.484 e. The average molecular weight is 1040 g/mol. The highest BCUT2D eigenvalue weighted by molar-refractivity contribution is 5.71. The fourth-order valence-electron chi connectivity index (χ4n) is 6.97. The van der Waals surface area contributed by atoms with Gasteiger partial charge in [0, 0.05) is 19.3 Å². The molecule has 7 nitrogen and oxygen atoms in total. The van der Waals surface area contributed by atoms with Crippen molar-refractivity contribution < 1.29 is 46.5 Å². The summed E-state index contributed by atoms with van der Waals surface area (Å²) < 4.78 is 55.5. The van der Waals surface area contributed by atoms with Gasteiger partial charge in [-0.2, -0.15) is 13.2 Å². The standard InChI is InChI=1S/C57H94O6.C7H9F3O/c1-4-7-10-13-16-19-22-25-28-31-34-37-40-43-46-49-55(58)61-52-54(63-57(60)51-48-45-42-39-36-33-30-27-24-21-18-15-12-9-6-3)53-62-56(59)50-47-44-41-38-35-32-29-26-23-20-17-14-11-8-5-2;1-5(2)6(3)11-4-7(8,9)10/h13,15-22,24-30,54H,4-12,14,23,31-53H2,1-3H3;1,3-4H2,2H3/b16-13+,18-15+,20-17+,22-19+,24-21+,28-25+,29-26+,30-27+;. The lowest BCUT2D eigenvalue weighted by molar-refractivity contribution is -0.167. The fourth-order valence-corrected chi connectivity index (χ4v) is 6.97. The summed E-state index contributed by atoms with van der Waals surface area (Å²) in [6.07, 6.45) is 62.3. The van der Waals surface area contributed by atoms with Crippen molar-refractivity contribution in [3.8, 4) is 0 Å². The number of unbranched alkanes of at least 4 members (excludes halogenated alkanes) is 22. The summed E-state index contributed by atoms with van der Waals surface area (Å²) in [5, 5.41) is 0. The van der Waals surface area contributed by atoms with Crippen LogP contribution in [0.2, 0.25) is 0 Å². The van der Waals surface area contributed by atoms with Gasteiger partial charge >= 0.3 is 24.1 Å². The second kappa shape index (κ2) is 56.1. The molecule has 0 aromatic carbocycles. The number of hydrogen-bond donors (Lipinski definition) is 0. The first kappa shape index (κ1) is 71.5. The molecule has 0 rings (SSSR count). The highest BCUT2D eigenvalue weighted by Gasteiger charge is 2.28. The molecule has 0 saturated heterocycles. The third-order valence-electron chi connectivity index (χ3n) is 11.5. The van der Waals surface area contributed by atoms with Gasteiger partial charge < -0.3 is 18.9 Å². The topological polar surface area (TPSA) is 88.1 Å². The van der Waals surface area contributed by atoms with Crippen molar-refractivity contribution in [3.05, 3.63) is 122 Å². The second-order valence-electron chi connectivity index (χ2n) is 18.9. The molecule has 0 aliphatic heterocycles. The Balaban J connectivity index is 0. The van der Waals surface area contributed by atoms with Gasteiger partial charge in [0.2, 0.25) is 0 Å². The van der Waals surface area contributed by atoms with E-state index in [0.717, 1.165) is 135 Å². The first-order chi connectivity index (χ1) is 35.9. The summed E-state index contributed by atoms with van der Waals surface area (Å²) in [6.45, 7) is 13.3. The van der Waals surface area contributed by atoms with E-state index in [2.05, 4.69) is 136 Å². The van der Waals surface area contributed by atoms with Crippen molar-refractivity contribution >= 4 is 17.9 Å². The molecule has 10 heteroatoms. The molecule has 1 atom stereocenters. The van der Waals surface area contributed by atoms with E-state index >= 15 is 0 Å². The molecule has 0 fully saturated rings. The predicted octanol–water partition coefficient (Wildman–Crippen LogP) is 19.6. The first-order valence-corrected chi connectivity index (χ1v) is 28.7. The van der Waals surface area contributed by atoms with Crippen LogP contribution in [0, 0.1) is 0 Å². The van der Waals surface area contributed by atoms with Gasteiger partial charge in [0.1, 0.15) is 19.0 Å². The number of rotatable bonds is 48. The molecule has 0 spiro atoms. The lowest BCUT2D eigenvalue weighted by Crippen LogP contribution is -2.30. The van der Waals surface area contributed by atoms with Crippen LogP contribution in [0.1, 0.15) is 233 Å². The van der Waals surface area contributed by atoms with Crippen LogP contribution in [0.15, 0.2) is 122 Å². The summed E-state index contributed by atoms with van der Waals surface area (Å²) in [7, 11) is 0. The lowest BCUT2D eigenvalue weighted by Gasteiger charge is -2.18. The van der Waals surface area contributed by atoms with Crippen molar-refractivity contribution in [2.24, 2.45) is 0 Å². The molecule has 1 unspecified atom stereocenters. The predicted molar refractivity (Wildman–Crippen MR) is 306 cm³/mol. The molecular weight excluding hydrogens is 938 g/mol. The molecule has 0 aliphatic carbocycles. The number of alkyl halides is 3. The first-order valence-electron chi connectivity index (χ1n) is 28.7. The fraction of sp³-hybridized carbons (Fsp3) is 0.641. The van der Waals surface area contributed by atoms with Crippen LogP contribution in [-0.4, -0.2) is 50.0 Å². The maximum atomic E-state index is 12.8. The summed E-state index contributed by atoms with van der Waals surface area (Å²) >= 11 is 0. The van der Waals surface area contributed by atoms with Crippen LogP contribution < -0.4 is 0 Å². The Morgan fingerprint density at radius 2 is 0.757 bits per heavy atom. The molecule has 0 saturated carbocycles. The number of esters is 3. The van der Waals surface area contributed by atoms with E-state index in [4.69, 9.17) is 14.2 Å². The lowest BCUT2D eigenvalue weighted by atomic mass is 10.1. The van der Waals surface area contributed by atoms with Gasteiger partial charge in [0.15, 0.2) is 12.7 Å².